The molecule has 0 saturated carbocycles. The van der Waals surface area contributed by atoms with Crippen molar-refractivity contribution in [1.82, 2.24) is 9.38 Å². The number of hydrogen-bond donors (Lipinski definition) is 0. The second-order valence-electron chi connectivity index (χ2n) is 4.90. The van der Waals surface area contributed by atoms with E-state index in [1.54, 1.807) is 12.1 Å². The number of benzene rings is 1. The molecule has 105 valence electrons. The van der Waals surface area contributed by atoms with Crippen molar-refractivity contribution in [2.24, 2.45) is 0 Å². The van der Waals surface area contributed by atoms with Gasteiger partial charge in [0.1, 0.15) is 5.65 Å². The number of non-ortho nitro benzene ring substituents is 1. The Kier molecular flexibility index (Phi) is 3.39. The second kappa shape index (κ2) is 5.36. The van der Waals surface area contributed by atoms with Crippen LogP contribution in [0.25, 0.3) is 5.65 Å². The number of aryl methyl sites for hydroxylation is 1. The third-order valence-electron chi connectivity index (χ3n) is 3.45. The number of nitro benzene ring substituents is 1. The van der Waals surface area contributed by atoms with Crippen LogP contribution in [0.15, 0.2) is 48.8 Å². The number of rotatable bonds is 4. The summed E-state index contributed by atoms with van der Waals surface area (Å²) < 4.78 is 2.04. The van der Waals surface area contributed by atoms with Crippen molar-refractivity contribution in [3.8, 4) is 0 Å². The Labute approximate surface area is 122 Å². The number of aromatic nitrogens is 2. The second-order valence-corrected chi connectivity index (χ2v) is 4.90. The van der Waals surface area contributed by atoms with Gasteiger partial charge < -0.3 is 4.40 Å². The first-order valence-electron chi connectivity index (χ1n) is 6.64. The Morgan fingerprint density at radius 3 is 2.76 bits per heavy atom. The van der Waals surface area contributed by atoms with E-state index in [0.29, 0.717) is 6.42 Å². The monoisotopic (exact) mass is 280 g/mol. The highest BCUT2D eigenvalue weighted by atomic mass is 16.6. The fraction of sp³-hybridized carbons (Fsp3) is 0.125. The van der Waals surface area contributed by atoms with E-state index < -0.39 is 0 Å². The van der Waals surface area contributed by atoms with Crippen molar-refractivity contribution < 1.29 is 4.92 Å². The predicted octanol–water partition coefficient (Wildman–Crippen LogP) is 3.35. The molecule has 0 aliphatic heterocycles. The summed E-state index contributed by atoms with van der Waals surface area (Å²) in [6.07, 6.45) is 6.60. The molecule has 0 amide bonds. The normalized spacial score (nSPS) is 10.9. The summed E-state index contributed by atoms with van der Waals surface area (Å²) in [5.41, 5.74) is 4.25. The minimum atomic E-state index is -0.388. The van der Waals surface area contributed by atoms with E-state index in [4.69, 9.17) is 0 Å². The number of fused-ring (bicyclic) bond motifs is 1. The topological polar surface area (TPSA) is 60.4 Å². The highest BCUT2D eigenvalue weighted by Crippen LogP contribution is 2.16. The van der Waals surface area contributed by atoms with Gasteiger partial charge in [0.05, 0.1) is 4.92 Å². The summed E-state index contributed by atoms with van der Waals surface area (Å²) >= 11 is 0. The summed E-state index contributed by atoms with van der Waals surface area (Å²) in [5.74, 6) is 0. The maximum atomic E-state index is 10.6. The van der Waals surface area contributed by atoms with E-state index in [2.05, 4.69) is 11.4 Å². The summed E-state index contributed by atoms with van der Waals surface area (Å²) in [7, 11) is 0. The van der Waals surface area contributed by atoms with Crippen LogP contribution in [0.1, 0.15) is 16.8 Å². The summed E-state index contributed by atoms with van der Waals surface area (Å²) in [4.78, 5) is 14.6. The first-order valence-corrected chi connectivity index (χ1v) is 6.64. The molecule has 2 heterocycles. The molecule has 0 saturated heterocycles. The van der Waals surface area contributed by atoms with Gasteiger partial charge in [0.25, 0.3) is 5.69 Å². The lowest BCUT2D eigenvalue weighted by atomic mass is 10.1. The van der Waals surface area contributed by atoms with Gasteiger partial charge in [-0.15, -0.1) is 0 Å². The quantitative estimate of drug-likeness (QED) is 0.544. The van der Waals surface area contributed by atoms with Crippen LogP contribution in [0.5, 0.6) is 0 Å². The molecule has 21 heavy (non-hydrogen) atoms. The SMILES string of the molecule is Cc1cccn2c([CH]Cc3ccc([N+](=O)[O-])cc3)cnc12. The van der Waals surface area contributed by atoms with Gasteiger partial charge in [-0.25, -0.2) is 4.98 Å². The predicted molar refractivity (Wildman–Crippen MR) is 80.1 cm³/mol. The molecule has 2 aromatic heterocycles. The van der Waals surface area contributed by atoms with Crippen molar-refractivity contribution in [3.63, 3.8) is 0 Å². The van der Waals surface area contributed by atoms with Gasteiger partial charge in [-0.05, 0) is 30.5 Å². The largest absolute Gasteiger partial charge is 0.304 e. The van der Waals surface area contributed by atoms with E-state index in [0.717, 1.165) is 22.5 Å². The maximum Gasteiger partial charge on any atom is 0.269 e. The molecule has 0 aliphatic rings. The maximum absolute atomic E-state index is 10.6. The van der Waals surface area contributed by atoms with Crippen molar-refractivity contribution in [3.05, 3.63) is 82.1 Å². The summed E-state index contributed by atoms with van der Waals surface area (Å²) in [6, 6.07) is 10.6. The molecule has 0 spiro atoms. The number of nitrogens with zero attached hydrogens (tertiary/aromatic N) is 3. The third kappa shape index (κ3) is 2.63. The Morgan fingerprint density at radius 2 is 2.05 bits per heavy atom. The fourth-order valence-corrected chi connectivity index (χ4v) is 2.30. The highest BCUT2D eigenvalue weighted by Gasteiger charge is 2.07. The molecule has 0 atom stereocenters. The number of nitro groups is 1. The lowest BCUT2D eigenvalue weighted by Crippen LogP contribution is -1.95. The average Bonchev–Trinajstić information content (AvgIpc) is 2.90. The smallest absolute Gasteiger partial charge is 0.269 e. The average molecular weight is 280 g/mol. The fourth-order valence-electron chi connectivity index (χ4n) is 2.30. The zero-order chi connectivity index (χ0) is 14.8. The third-order valence-corrected chi connectivity index (χ3v) is 3.45. The Hall–Kier alpha value is -2.69. The molecule has 1 aromatic carbocycles. The zero-order valence-corrected chi connectivity index (χ0v) is 11.6. The lowest BCUT2D eigenvalue weighted by Gasteiger charge is -2.03. The van der Waals surface area contributed by atoms with Crippen LogP contribution >= 0.6 is 0 Å². The van der Waals surface area contributed by atoms with Crippen molar-refractivity contribution >= 4 is 11.3 Å². The van der Waals surface area contributed by atoms with E-state index in [1.807, 2.05) is 35.9 Å². The van der Waals surface area contributed by atoms with Crippen LogP contribution in [0, 0.1) is 23.5 Å². The van der Waals surface area contributed by atoms with E-state index in [-0.39, 0.29) is 10.6 Å². The molecule has 3 aromatic rings. The number of pyridine rings is 1. The molecular weight excluding hydrogens is 266 g/mol. The van der Waals surface area contributed by atoms with E-state index in [9.17, 15) is 10.1 Å². The van der Waals surface area contributed by atoms with Crippen LogP contribution in [0.2, 0.25) is 0 Å². The molecule has 0 aliphatic carbocycles. The Balaban J connectivity index is 1.77. The van der Waals surface area contributed by atoms with Gasteiger partial charge in [-0.1, -0.05) is 18.2 Å². The van der Waals surface area contributed by atoms with Gasteiger partial charge in [-0.3, -0.25) is 10.1 Å². The molecule has 0 fully saturated rings. The number of imidazole rings is 1. The van der Waals surface area contributed by atoms with Crippen LogP contribution in [0.4, 0.5) is 5.69 Å². The van der Waals surface area contributed by atoms with Crippen molar-refractivity contribution in [2.75, 3.05) is 0 Å². The molecule has 0 N–H and O–H groups in total. The minimum absolute atomic E-state index is 0.115. The van der Waals surface area contributed by atoms with E-state index >= 15 is 0 Å². The Bertz CT molecular complexity index is 791. The Morgan fingerprint density at radius 1 is 1.29 bits per heavy atom. The minimum Gasteiger partial charge on any atom is -0.304 e. The first-order chi connectivity index (χ1) is 10.1. The van der Waals surface area contributed by atoms with Gasteiger partial charge >= 0.3 is 0 Å². The van der Waals surface area contributed by atoms with Crippen LogP contribution in [-0.2, 0) is 6.42 Å². The molecule has 0 bridgehead atoms. The highest BCUT2D eigenvalue weighted by molar-refractivity contribution is 5.49. The van der Waals surface area contributed by atoms with Crippen LogP contribution in [-0.4, -0.2) is 14.3 Å². The molecule has 3 rings (SSSR count). The van der Waals surface area contributed by atoms with Crippen LogP contribution in [0.3, 0.4) is 0 Å². The summed E-state index contributed by atoms with van der Waals surface area (Å²) in [5, 5.41) is 10.6. The van der Waals surface area contributed by atoms with Gasteiger partial charge in [0, 0.05) is 36.6 Å². The molecular formula is C16H14N3O2. The number of hydrogen-bond acceptors (Lipinski definition) is 3. The lowest BCUT2D eigenvalue weighted by molar-refractivity contribution is -0.384. The molecule has 0 unspecified atom stereocenters. The molecule has 5 nitrogen and oxygen atoms in total. The van der Waals surface area contributed by atoms with Gasteiger partial charge in [0.2, 0.25) is 0 Å². The zero-order valence-electron chi connectivity index (χ0n) is 11.6. The summed E-state index contributed by atoms with van der Waals surface area (Å²) in [6.45, 7) is 2.03. The molecule has 5 heteroatoms. The van der Waals surface area contributed by atoms with Crippen LogP contribution < -0.4 is 0 Å². The van der Waals surface area contributed by atoms with E-state index in [1.165, 1.54) is 12.1 Å². The van der Waals surface area contributed by atoms with Gasteiger partial charge in [-0.2, -0.15) is 0 Å². The standard InChI is InChI=1S/C16H14N3O2/c1-12-3-2-10-18-15(11-17-16(12)18)9-6-13-4-7-14(8-5-13)19(20)21/h2-5,7-11H,6H2,1H3. The van der Waals surface area contributed by atoms with Crippen molar-refractivity contribution in [2.45, 2.75) is 13.3 Å². The van der Waals surface area contributed by atoms with Crippen molar-refractivity contribution in [1.29, 1.82) is 0 Å². The van der Waals surface area contributed by atoms with Gasteiger partial charge in [0.15, 0.2) is 0 Å². The molecule has 1 radical (unpaired) electrons. The first kappa shape index (κ1) is 13.3.